The largest absolute Gasteiger partial charge is 0.354 e. The van der Waals surface area contributed by atoms with Crippen molar-refractivity contribution in [3.8, 4) is 11.8 Å². The van der Waals surface area contributed by atoms with E-state index in [0.29, 0.717) is 5.02 Å². The zero-order valence-corrected chi connectivity index (χ0v) is 13.7. The van der Waals surface area contributed by atoms with Crippen molar-refractivity contribution in [1.82, 2.24) is 0 Å². The highest BCUT2D eigenvalue weighted by atomic mass is 35.5. The number of hydrogen-bond acceptors (Lipinski definition) is 2. The highest BCUT2D eigenvalue weighted by molar-refractivity contribution is 6.30. The summed E-state index contributed by atoms with van der Waals surface area (Å²) < 4.78 is 11.3. The summed E-state index contributed by atoms with van der Waals surface area (Å²) in [5.74, 6) is 5.58. The zero-order chi connectivity index (χ0) is 16.0. The van der Waals surface area contributed by atoms with Crippen LogP contribution in [0.25, 0.3) is 0 Å². The molecule has 0 aliphatic heterocycles. The first-order chi connectivity index (χ1) is 10.5. The average molecular weight is 315 g/mol. The molecule has 0 fully saturated rings. The average Bonchev–Trinajstić information content (AvgIpc) is 2.53. The number of benzene rings is 2. The molecule has 0 aliphatic rings. The van der Waals surface area contributed by atoms with Crippen molar-refractivity contribution < 1.29 is 9.47 Å². The van der Waals surface area contributed by atoms with Crippen molar-refractivity contribution in [1.29, 1.82) is 0 Å². The van der Waals surface area contributed by atoms with Gasteiger partial charge in [-0.25, -0.2) is 0 Å². The van der Waals surface area contributed by atoms with Crippen LogP contribution in [0, 0.1) is 11.8 Å². The van der Waals surface area contributed by atoms with Crippen LogP contribution in [0.4, 0.5) is 0 Å². The van der Waals surface area contributed by atoms with E-state index in [9.17, 15) is 0 Å². The summed E-state index contributed by atoms with van der Waals surface area (Å²) >= 11 is 5.95. The summed E-state index contributed by atoms with van der Waals surface area (Å²) in [6.45, 7) is 3.72. The van der Waals surface area contributed by atoms with Gasteiger partial charge in [0.05, 0.1) is 0 Å². The lowest BCUT2D eigenvalue weighted by atomic mass is 10.1. The summed E-state index contributed by atoms with van der Waals surface area (Å²) in [5, 5.41) is 0.685. The molecule has 0 aromatic heterocycles. The molecule has 0 radical (unpaired) electrons. The van der Waals surface area contributed by atoms with E-state index in [1.54, 1.807) is 7.11 Å². The van der Waals surface area contributed by atoms with E-state index in [1.807, 2.05) is 68.4 Å². The quantitative estimate of drug-likeness (QED) is 0.594. The predicted molar refractivity (Wildman–Crippen MR) is 89.7 cm³/mol. The van der Waals surface area contributed by atoms with Crippen molar-refractivity contribution in [3.63, 3.8) is 0 Å². The highest BCUT2D eigenvalue weighted by Gasteiger charge is 2.23. The first-order valence-corrected chi connectivity index (χ1v) is 7.43. The molecule has 0 saturated heterocycles. The van der Waals surface area contributed by atoms with Gasteiger partial charge in [0.2, 0.25) is 0 Å². The molecule has 0 amide bonds. The van der Waals surface area contributed by atoms with E-state index in [-0.39, 0.29) is 0 Å². The van der Waals surface area contributed by atoms with Gasteiger partial charge in [0.1, 0.15) is 6.10 Å². The van der Waals surface area contributed by atoms with Gasteiger partial charge < -0.3 is 9.47 Å². The van der Waals surface area contributed by atoms with Crippen LogP contribution in [0.15, 0.2) is 54.6 Å². The molecule has 22 heavy (non-hydrogen) atoms. The monoisotopic (exact) mass is 314 g/mol. The second-order valence-corrected chi connectivity index (χ2v) is 5.73. The number of rotatable bonds is 4. The molecule has 0 aliphatic carbocycles. The van der Waals surface area contributed by atoms with Crippen LogP contribution in [-0.2, 0) is 9.47 Å². The SMILES string of the molecule is COC(C)(C)OC(C#Cc1ccccc1)c1ccc(Cl)cc1. The van der Waals surface area contributed by atoms with Gasteiger partial charge in [-0.1, -0.05) is 53.8 Å². The summed E-state index contributed by atoms with van der Waals surface area (Å²) in [5.41, 5.74) is 1.89. The molecule has 114 valence electrons. The zero-order valence-electron chi connectivity index (χ0n) is 13.0. The number of hydrogen-bond donors (Lipinski definition) is 0. The van der Waals surface area contributed by atoms with Gasteiger partial charge in [0.15, 0.2) is 5.79 Å². The summed E-state index contributed by atoms with van der Waals surface area (Å²) in [4.78, 5) is 0. The van der Waals surface area contributed by atoms with E-state index in [4.69, 9.17) is 21.1 Å². The van der Waals surface area contributed by atoms with Crippen LogP contribution in [0.3, 0.4) is 0 Å². The van der Waals surface area contributed by atoms with E-state index in [2.05, 4.69) is 11.8 Å². The maximum Gasteiger partial charge on any atom is 0.164 e. The lowest BCUT2D eigenvalue weighted by Crippen LogP contribution is -2.28. The fraction of sp³-hybridized carbons (Fsp3) is 0.263. The lowest BCUT2D eigenvalue weighted by molar-refractivity contribution is -0.213. The molecular weight excluding hydrogens is 296 g/mol. The topological polar surface area (TPSA) is 18.5 Å². The highest BCUT2D eigenvalue weighted by Crippen LogP contribution is 2.25. The molecule has 0 bridgehead atoms. The minimum Gasteiger partial charge on any atom is -0.354 e. The van der Waals surface area contributed by atoms with Gasteiger partial charge in [0, 0.05) is 17.7 Å². The van der Waals surface area contributed by atoms with Gasteiger partial charge in [-0.3, -0.25) is 0 Å². The molecule has 2 nitrogen and oxygen atoms in total. The number of methoxy groups -OCH3 is 1. The van der Waals surface area contributed by atoms with Gasteiger partial charge in [0.25, 0.3) is 0 Å². The van der Waals surface area contributed by atoms with Crippen LogP contribution in [0.2, 0.25) is 5.02 Å². The maximum atomic E-state index is 6.00. The first kappa shape index (κ1) is 16.6. The van der Waals surface area contributed by atoms with Crippen LogP contribution in [-0.4, -0.2) is 12.9 Å². The maximum absolute atomic E-state index is 6.00. The van der Waals surface area contributed by atoms with Crippen molar-refractivity contribution >= 4 is 11.6 Å². The number of ether oxygens (including phenoxy) is 2. The molecule has 0 spiro atoms. The van der Waals surface area contributed by atoms with Crippen LogP contribution in [0.1, 0.15) is 31.1 Å². The Bertz CT molecular complexity index is 651. The molecule has 0 heterocycles. The minimum atomic E-state index is -0.727. The fourth-order valence-electron chi connectivity index (χ4n) is 1.82. The summed E-state index contributed by atoms with van der Waals surface area (Å²) in [6.07, 6.45) is -0.396. The van der Waals surface area contributed by atoms with Crippen molar-refractivity contribution in [2.75, 3.05) is 7.11 Å². The third-order valence-corrected chi connectivity index (χ3v) is 3.44. The van der Waals surface area contributed by atoms with Gasteiger partial charge >= 0.3 is 0 Å². The van der Waals surface area contributed by atoms with E-state index >= 15 is 0 Å². The van der Waals surface area contributed by atoms with E-state index in [1.165, 1.54) is 0 Å². The number of halogens is 1. The third-order valence-electron chi connectivity index (χ3n) is 3.19. The Morgan fingerprint density at radius 2 is 1.64 bits per heavy atom. The molecule has 3 heteroatoms. The van der Waals surface area contributed by atoms with E-state index in [0.717, 1.165) is 11.1 Å². The second-order valence-electron chi connectivity index (χ2n) is 5.29. The van der Waals surface area contributed by atoms with Crippen LogP contribution >= 0.6 is 11.6 Å². The fourth-order valence-corrected chi connectivity index (χ4v) is 1.95. The molecule has 2 aromatic rings. The van der Waals surface area contributed by atoms with Gasteiger partial charge in [-0.2, -0.15) is 0 Å². The van der Waals surface area contributed by atoms with Crippen molar-refractivity contribution in [3.05, 3.63) is 70.7 Å². The molecule has 1 unspecified atom stereocenters. The van der Waals surface area contributed by atoms with Crippen molar-refractivity contribution in [2.24, 2.45) is 0 Å². The second kappa shape index (κ2) is 7.47. The van der Waals surface area contributed by atoms with Crippen LogP contribution in [0.5, 0.6) is 0 Å². The van der Waals surface area contributed by atoms with Crippen LogP contribution < -0.4 is 0 Å². The first-order valence-electron chi connectivity index (χ1n) is 7.05. The van der Waals surface area contributed by atoms with Gasteiger partial charge in [-0.05, 0) is 43.7 Å². The Kier molecular flexibility index (Phi) is 5.63. The Balaban J connectivity index is 2.29. The standard InChI is InChI=1S/C19H19ClO2/c1-19(2,21-3)22-18(16-10-12-17(20)13-11-16)14-9-15-7-5-4-6-8-15/h4-8,10-13,18H,1-3H3. The Labute approximate surface area is 137 Å². The minimum absolute atomic E-state index is 0.396. The van der Waals surface area contributed by atoms with Crippen molar-refractivity contribution in [2.45, 2.75) is 25.7 Å². The molecule has 0 saturated carbocycles. The third kappa shape index (κ3) is 4.89. The molecule has 1 atom stereocenters. The molecule has 0 N–H and O–H groups in total. The summed E-state index contributed by atoms with van der Waals surface area (Å²) in [6, 6.07) is 17.3. The predicted octanol–water partition coefficient (Wildman–Crippen LogP) is 4.83. The summed E-state index contributed by atoms with van der Waals surface area (Å²) in [7, 11) is 1.61. The Morgan fingerprint density at radius 3 is 2.23 bits per heavy atom. The molecular formula is C19H19ClO2. The Hall–Kier alpha value is -1.79. The lowest BCUT2D eigenvalue weighted by Gasteiger charge is -2.27. The molecule has 2 aromatic carbocycles. The van der Waals surface area contributed by atoms with Gasteiger partial charge in [-0.15, -0.1) is 0 Å². The van der Waals surface area contributed by atoms with E-state index < -0.39 is 11.9 Å². The normalized spacial score (nSPS) is 12.4. The Morgan fingerprint density at radius 1 is 1.00 bits per heavy atom. The smallest absolute Gasteiger partial charge is 0.164 e. The molecule has 2 rings (SSSR count).